The molecule has 1 aromatic rings. The molecule has 1 aromatic carbocycles. The number of aliphatic hydroxyl groups excluding tert-OH is 2. The Hall–Kier alpha value is -2.32. The first-order chi connectivity index (χ1) is 7.54. The molecular weight excluding hydrogens is 210 g/mol. The lowest BCUT2D eigenvalue weighted by Crippen LogP contribution is -2.03. The van der Waals surface area contributed by atoms with Gasteiger partial charge in [0, 0.05) is 0 Å². The van der Waals surface area contributed by atoms with Crippen molar-refractivity contribution in [3.05, 3.63) is 47.2 Å². The first-order valence-electron chi connectivity index (χ1n) is 4.37. The fourth-order valence-electron chi connectivity index (χ4n) is 1.07. The first kappa shape index (κ1) is 11.8. The van der Waals surface area contributed by atoms with E-state index in [1.807, 2.05) is 6.07 Å². The minimum Gasteiger partial charge on any atom is -0.502 e. The lowest BCUT2D eigenvalue weighted by Gasteiger charge is -2.05. The number of benzene rings is 1. The summed E-state index contributed by atoms with van der Waals surface area (Å²) in [7, 11) is 0. The predicted molar refractivity (Wildman–Crippen MR) is 54.5 cm³/mol. The Morgan fingerprint density at radius 2 is 1.88 bits per heavy atom. The maximum absolute atomic E-state index is 10.3. The molecule has 5 nitrogen and oxygen atoms in total. The van der Waals surface area contributed by atoms with Crippen molar-refractivity contribution in [2.24, 2.45) is 0 Å². The molecule has 0 radical (unpaired) electrons. The Morgan fingerprint density at radius 3 is 2.31 bits per heavy atom. The number of carbonyl (C=O) groups is 1. The number of hydrogen-bond acceptors (Lipinski definition) is 4. The van der Waals surface area contributed by atoms with Crippen LogP contribution in [0, 0.1) is 11.3 Å². The summed E-state index contributed by atoms with van der Waals surface area (Å²) in [6.07, 6.45) is -0.409. The molecule has 1 rings (SSSR count). The Labute approximate surface area is 91.5 Å². The van der Waals surface area contributed by atoms with E-state index in [4.69, 9.17) is 15.5 Å². The second kappa shape index (κ2) is 4.96. The Balaban J connectivity index is 2.89. The molecule has 0 aliphatic heterocycles. The lowest BCUT2D eigenvalue weighted by molar-refractivity contribution is -0.135. The summed E-state index contributed by atoms with van der Waals surface area (Å²) in [5.74, 6) is -2.43. The molecule has 1 unspecified atom stereocenters. The van der Waals surface area contributed by atoms with Gasteiger partial charge in [-0.15, -0.1) is 0 Å². The van der Waals surface area contributed by atoms with Crippen LogP contribution in [-0.4, -0.2) is 21.3 Å². The van der Waals surface area contributed by atoms with E-state index in [9.17, 15) is 9.90 Å². The standard InChI is InChI=1S/C11H9NO4/c12-6-7-1-3-8(4-2-7)9(13)5-10(14)11(15)16/h1-5,9,13-14H,(H,15,16)/b10-5-. The first-order valence-corrected chi connectivity index (χ1v) is 4.37. The van der Waals surface area contributed by atoms with Crippen LogP contribution in [0.2, 0.25) is 0 Å². The third-order valence-electron chi connectivity index (χ3n) is 1.92. The zero-order chi connectivity index (χ0) is 12.1. The minimum atomic E-state index is -1.51. The zero-order valence-electron chi connectivity index (χ0n) is 8.16. The molecule has 0 heterocycles. The molecule has 5 heteroatoms. The highest BCUT2D eigenvalue weighted by Gasteiger charge is 2.10. The summed E-state index contributed by atoms with van der Waals surface area (Å²) < 4.78 is 0. The molecule has 16 heavy (non-hydrogen) atoms. The van der Waals surface area contributed by atoms with Gasteiger partial charge < -0.3 is 15.3 Å². The van der Waals surface area contributed by atoms with E-state index in [2.05, 4.69) is 0 Å². The summed E-state index contributed by atoms with van der Waals surface area (Å²) >= 11 is 0. The monoisotopic (exact) mass is 219 g/mol. The summed E-state index contributed by atoms with van der Waals surface area (Å²) in [5.41, 5.74) is 0.828. The number of aliphatic carboxylic acids is 1. The number of rotatable bonds is 3. The van der Waals surface area contributed by atoms with Gasteiger partial charge in [0.15, 0.2) is 0 Å². The van der Waals surface area contributed by atoms with E-state index in [1.165, 1.54) is 24.3 Å². The summed E-state index contributed by atoms with van der Waals surface area (Å²) in [4.78, 5) is 10.3. The van der Waals surface area contributed by atoms with Crippen LogP contribution in [0.15, 0.2) is 36.1 Å². The summed E-state index contributed by atoms with van der Waals surface area (Å²) in [6.45, 7) is 0. The average Bonchev–Trinajstić information content (AvgIpc) is 2.28. The van der Waals surface area contributed by atoms with Crippen LogP contribution in [0.1, 0.15) is 17.2 Å². The van der Waals surface area contributed by atoms with Crippen molar-refractivity contribution in [1.29, 1.82) is 5.26 Å². The van der Waals surface area contributed by atoms with E-state index < -0.39 is 17.8 Å². The lowest BCUT2D eigenvalue weighted by atomic mass is 10.1. The van der Waals surface area contributed by atoms with Crippen LogP contribution in [0.25, 0.3) is 0 Å². The van der Waals surface area contributed by atoms with E-state index >= 15 is 0 Å². The van der Waals surface area contributed by atoms with Crippen LogP contribution in [0.5, 0.6) is 0 Å². The van der Waals surface area contributed by atoms with Crippen molar-refractivity contribution < 1.29 is 20.1 Å². The largest absolute Gasteiger partial charge is 0.502 e. The van der Waals surface area contributed by atoms with Gasteiger partial charge in [0.25, 0.3) is 0 Å². The normalized spacial score (nSPS) is 12.9. The van der Waals surface area contributed by atoms with Gasteiger partial charge in [-0.1, -0.05) is 12.1 Å². The quantitative estimate of drug-likeness (QED) is 0.522. The fraction of sp³-hybridized carbons (Fsp3) is 0.0909. The van der Waals surface area contributed by atoms with E-state index in [-0.39, 0.29) is 0 Å². The van der Waals surface area contributed by atoms with Crippen LogP contribution in [0.3, 0.4) is 0 Å². The van der Waals surface area contributed by atoms with Gasteiger partial charge in [-0.2, -0.15) is 5.26 Å². The van der Waals surface area contributed by atoms with Crippen LogP contribution in [0.4, 0.5) is 0 Å². The van der Waals surface area contributed by atoms with Crippen molar-refractivity contribution in [3.63, 3.8) is 0 Å². The van der Waals surface area contributed by atoms with Gasteiger partial charge in [0.1, 0.15) is 6.10 Å². The van der Waals surface area contributed by atoms with Gasteiger partial charge >= 0.3 is 5.97 Å². The number of aliphatic hydroxyl groups is 2. The van der Waals surface area contributed by atoms with Crippen LogP contribution >= 0.6 is 0 Å². The smallest absolute Gasteiger partial charge is 0.370 e. The van der Waals surface area contributed by atoms with Crippen molar-refractivity contribution in [1.82, 2.24) is 0 Å². The van der Waals surface area contributed by atoms with Gasteiger partial charge in [-0.3, -0.25) is 0 Å². The fourth-order valence-corrected chi connectivity index (χ4v) is 1.07. The third kappa shape index (κ3) is 2.83. The molecule has 0 aromatic heterocycles. The second-order valence-electron chi connectivity index (χ2n) is 3.04. The Kier molecular flexibility index (Phi) is 3.64. The second-order valence-corrected chi connectivity index (χ2v) is 3.04. The highest BCUT2D eigenvalue weighted by atomic mass is 16.4. The van der Waals surface area contributed by atoms with Gasteiger partial charge in [0.2, 0.25) is 5.76 Å². The molecule has 0 spiro atoms. The molecule has 0 aliphatic carbocycles. The summed E-state index contributed by atoms with van der Waals surface area (Å²) in [6, 6.07) is 7.85. The van der Waals surface area contributed by atoms with Crippen molar-refractivity contribution >= 4 is 5.97 Å². The highest BCUT2D eigenvalue weighted by molar-refractivity contribution is 5.83. The van der Waals surface area contributed by atoms with E-state index in [0.717, 1.165) is 6.08 Å². The van der Waals surface area contributed by atoms with E-state index in [1.54, 1.807) is 0 Å². The molecular formula is C11H9NO4. The molecule has 0 bridgehead atoms. The SMILES string of the molecule is N#Cc1ccc(C(O)/C=C(\O)C(=O)O)cc1. The number of carboxylic acids is 1. The van der Waals surface area contributed by atoms with Crippen molar-refractivity contribution in [2.45, 2.75) is 6.10 Å². The van der Waals surface area contributed by atoms with Crippen molar-refractivity contribution in [2.75, 3.05) is 0 Å². The topological polar surface area (TPSA) is 102 Å². The molecule has 82 valence electrons. The van der Waals surface area contributed by atoms with Crippen LogP contribution < -0.4 is 0 Å². The third-order valence-corrected chi connectivity index (χ3v) is 1.92. The Morgan fingerprint density at radius 1 is 1.31 bits per heavy atom. The zero-order valence-corrected chi connectivity index (χ0v) is 8.16. The van der Waals surface area contributed by atoms with Gasteiger partial charge in [-0.25, -0.2) is 4.79 Å². The maximum Gasteiger partial charge on any atom is 0.370 e. The number of nitrogens with zero attached hydrogens (tertiary/aromatic N) is 1. The number of nitriles is 1. The molecule has 0 fully saturated rings. The summed E-state index contributed by atoms with van der Waals surface area (Å²) in [5, 5.41) is 35.4. The molecule has 3 N–H and O–H groups in total. The molecule has 0 amide bonds. The van der Waals surface area contributed by atoms with Gasteiger partial charge in [0.05, 0.1) is 11.6 Å². The van der Waals surface area contributed by atoms with Gasteiger partial charge in [-0.05, 0) is 23.8 Å². The van der Waals surface area contributed by atoms with E-state index in [0.29, 0.717) is 11.1 Å². The van der Waals surface area contributed by atoms with Crippen molar-refractivity contribution in [3.8, 4) is 6.07 Å². The van der Waals surface area contributed by atoms with Crippen LogP contribution in [-0.2, 0) is 4.79 Å². The molecule has 0 aliphatic rings. The maximum atomic E-state index is 10.3. The minimum absolute atomic E-state index is 0.395. The molecule has 1 atom stereocenters. The predicted octanol–water partition coefficient (Wildman–Crippen LogP) is 1.12. The molecule has 0 saturated carbocycles. The Bertz CT molecular complexity index is 456. The average molecular weight is 219 g/mol. The number of hydrogen-bond donors (Lipinski definition) is 3. The molecule has 0 saturated heterocycles. The number of carboxylic acid groups (broad SMARTS) is 1. The highest BCUT2D eigenvalue weighted by Crippen LogP contribution is 2.16.